The molecular formula is C25H31FO4. The van der Waals surface area contributed by atoms with Crippen LogP contribution in [0.5, 0.6) is 0 Å². The molecule has 2 aliphatic rings. The van der Waals surface area contributed by atoms with Crippen molar-refractivity contribution in [3.63, 3.8) is 0 Å². The summed E-state index contributed by atoms with van der Waals surface area (Å²) in [5.41, 5.74) is 3.24. The smallest absolute Gasteiger partial charge is 0.339 e. The molecule has 1 saturated heterocycles. The van der Waals surface area contributed by atoms with E-state index in [1.807, 2.05) is 58.9 Å². The Morgan fingerprint density at radius 1 is 1.10 bits per heavy atom. The van der Waals surface area contributed by atoms with Crippen molar-refractivity contribution in [2.45, 2.75) is 66.8 Å². The number of benzene rings is 1. The molecule has 2 aliphatic heterocycles. The van der Waals surface area contributed by atoms with Gasteiger partial charge in [0, 0.05) is 18.3 Å². The second-order valence-corrected chi connectivity index (χ2v) is 8.79. The summed E-state index contributed by atoms with van der Waals surface area (Å²) in [5.74, 6) is -2.45. The van der Waals surface area contributed by atoms with Gasteiger partial charge in [0.05, 0.1) is 5.56 Å². The largest absolute Gasteiger partial charge is 0.458 e. The van der Waals surface area contributed by atoms with Gasteiger partial charge in [0.2, 0.25) is 0 Å². The minimum Gasteiger partial charge on any atom is -0.458 e. The summed E-state index contributed by atoms with van der Waals surface area (Å²) in [7, 11) is 0. The summed E-state index contributed by atoms with van der Waals surface area (Å²) in [4.78, 5) is 13.0. The molecule has 3 atom stereocenters. The van der Waals surface area contributed by atoms with Gasteiger partial charge < -0.3 is 14.2 Å². The van der Waals surface area contributed by atoms with Crippen molar-refractivity contribution in [1.82, 2.24) is 0 Å². The number of aryl methyl sites for hydroxylation is 2. The summed E-state index contributed by atoms with van der Waals surface area (Å²) in [6.45, 7) is 12.9. The molecule has 5 heteroatoms. The maximum absolute atomic E-state index is 15.0. The molecular weight excluding hydrogens is 383 g/mol. The maximum atomic E-state index is 15.0. The van der Waals surface area contributed by atoms with Gasteiger partial charge in [-0.25, -0.2) is 9.18 Å². The fraction of sp³-hybridized carbons (Fsp3) is 0.480. The van der Waals surface area contributed by atoms with E-state index in [9.17, 15) is 4.79 Å². The number of hydrogen-bond donors (Lipinski definition) is 0. The Morgan fingerprint density at radius 3 is 2.50 bits per heavy atom. The number of carbonyl (C=O) groups excluding carboxylic acids is 1. The zero-order chi connectivity index (χ0) is 22.2. The number of fused-ring (bicyclic) bond motifs is 2. The second-order valence-electron chi connectivity index (χ2n) is 8.79. The molecule has 0 saturated carbocycles. The quantitative estimate of drug-likeness (QED) is 0.472. The van der Waals surface area contributed by atoms with E-state index in [0.29, 0.717) is 24.2 Å². The first-order chi connectivity index (χ1) is 14.0. The topological polar surface area (TPSA) is 44.8 Å². The lowest BCUT2D eigenvalue weighted by Crippen LogP contribution is -2.24. The van der Waals surface area contributed by atoms with Crippen molar-refractivity contribution in [2.24, 2.45) is 11.8 Å². The lowest BCUT2D eigenvalue weighted by molar-refractivity contribution is -0.125. The third-order valence-electron chi connectivity index (χ3n) is 5.58. The van der Waals surface area contributed by atoms with Gasteiger partial charge in [-0.1, -0.05) is 43.7 Å². The second kappa shape index (κ2) is 8.64. The van der Waals surface area contributed by atoms with Crippen molar-refractivity contribution in [3.05, 3.63) is 64.6 Å². The molecule has 1 aromatic carbocycles. The van der Waals surface area contributed by atoms with Crippen molar-refractivity contribution in [1.29, 1.82) is 0 Å². The van der Waals surface area contributed by atoms with Crippen LogP contribution in [-0.2, 0) is 14.2 Å². The van der Waals surface area contributed by atoms with E-state index in [4.69, 9.17) is 14.2 Å². The summed E-state index contributed by atoms with van der Waals surface area (Å²) < 4.78 is 32.6. The molecule has 0 spiro atoms. The summed E-state index contributed by atoms with van der Waals surface area (Å²) in [6, 6.07) is 3.93. The molecule has 2 radical (unpaired) electrons. The normalized spacial score (nSPS) is 31.1. The highest BCUT2D eigenvalue weighted by molar-refractivity contribution is 5.95. The molecule has 1 fully saturated rings. The van der Waals surface area contributed by atoms with E-state index in [-0.39, 0.29) is 11.7 Å². The van der Waals surface area contributed by atoms with E-state index >= 15 is 4.39 Å². The minimum absolute atomic E-state index is 0.302. The molecule has 30 heavy (non-hydrogen) atoms. The molecule has 1 unspecified atom stereocenters. The van der Waals surface area contributed by atoms with Crippen LogP contribution in [0.4, 0.5) is 4.39 Å². The number of esters is 1. The maximum Gasteiger partial charge on any atom is 0.339 e. The van der Waals surface area contributed by atoms with Crippen molar-refractivity contribution >= 4 is 12.0 Å². The molecule has 0 N–H and O–H groups in total. The highest BCUT2D eigenvalue weighted by atomic mass is 19.1. The van der Waals surface area contributed by atoms with Gasteiger partial charge >= 0.3 is 5.97 Å². The Labute approximate surface area is 179 Å². The van der Waals surface area contributed by atoms with Gasteiger partial charge in [-0.3, -0.25) is 0 Å². The predicted octanol–water partition coefficient (Wildman–Crippen LogP) is 6.24. The van der Waals surface area contributed by atoms with Gasteiger partial charge in [0.1, 0.15) is 24.1 Å². The van der Waals surface area contributed by atoms with Crippen LogP contribution in [0, 0.1) is 37.9 Å². The average molecular weight is 415 g/mol. The molecule has 1 aromatic rings. The van der Waals surface area contributed by atoms with E-state index in [0.717, 1.165) is 16.7 Å². The molecule has 0 aromatic heterocycles. The lowest BCUT2D eigenvalue weighted by Gasteiger charge is -2.23. The highest BCUT2D eigenvalue weighted by Crippen LogP contribution is 2.46. The number of ether oxygens (including phenoxy) is 3. The van der Waals surface area contributed by atoms with Crippen LogP contribution in [0.25, 0.3) is 6.08 Å². The SMILES string of the molecule is Cc1cc(C)c2c(c1)/C=C/C[C]1OC(C)(C)O[C]1C(C)/C(F)=C\[C@@H](C)[C@H](C)OC2=O. The third-order valence-corrected chi connectivity index (χ3v) is 5.58. The average Bonchev–Trinajstić information content (AvgIpc) is 2.94. The first-order valence-corrected chi connectivity index (χ1v) is 10.5. The van der Waals surface area contributed by atoms with E-state index in [1.54, 1.807) is 13.8 Å². The molecule has 3 rings (SSSR count). The van der Waals surface area contributed by atoms with Crippen LogP contribution in [0.1, 0.15) is 68.1 Å². The molecule has 0 amide bonds. The first-order valence-electron chi connectivity index (χ1n) is 10.5. The van der Waals surface area contributed by atoms with E-state index < -0.39 is 23.8 Å². The van der Waals surface area contributed by atoms with Crippen molar-refractivity contribution in [3.8, 4) is 0 Å². The first kappa shape index (κ1) is 22.7. The molecule has 0 bridgehead atoms. The van der Waals surface area contributed by atoms with Gasteiger partial charge in [-0.2, -0.15) is 0 Å². The highest BCUT2D eigenvalue weighted by Gasteiger charge is 2.46. The van der Waals surface area contributed by atoms with Crippen LogP contribution in [0.3, 0.4) is 0 Å². The number of rotatable bonds is 0. The summed E-state index contributed by atoms with van der Waals surface area (Å²) in [5, 5.41) is 0. The summed E-state index contributed by atoms with van der Waals surface area (Å²) >= 11 is 0. The van der Waals surface area contributed by atoms with Crippen molar-refractivity contribution in [2.75, 3.05) is 0 Å². The van der Waals surface area contributed by atoms with Crippen LogP contribution in [0.2, 0.25) is 0 Å². The van der Waals surface area contributed by atoms with E-state index in [2.05, 4.69) is 0 Å². The van der Waals surface area contributed by atoms with Crippen LogP contribution >= 0.6 is 0 Å². The van der Waals surface area contributed by atoms with Gasteiger partial charge in [0.15, 0.2) is 5.79 Å². The van der Waals surface area contributed by atoms with Gasteiger partial charge in [-0.05, 0) is 51.8 Å². The number of halogens is 1. The number of cyclic esters (lactones) is 1. The van der Waals surface area contributed by atoms with E-state index in [1.165, 1.54) is 6.08 Å². The standard InChI is InChI=1S/C25H31FO4/c1-14-11-16(3)22-19(12-14)9-8-10-21-23(30-25(6,7)29-21)17(4)20(26)13-15(2)18(5)28-24(22)27/h8-9,11-13,15,17-18H,10H2,1-7H3/b9-8+,20-13+/t15-,17?,18+/m1/s1. The zero-order valence-corrected chi connectivity index (χ0v) is 18.8. The summed E-state index contributed by atoms with van der Waals surface area (Å²) in [6.07, 6.45) is 6.38. The Bertz CT molecular complexity index is 870. The van der Waals surface area contributed by atoms with Crippen LogP contribution in [0.15, 0.2) is 30.1 Å². The third kappa shape index (κ3) is 4.84. The molecule has 0 aliphatic carbocycles. The van der Waals surface area contributed by atoms with Crippen LogP contribution < -0.4 is 0 Å². The molecule has 4 nitrogen and oxygen atoms in total. The Kier molecular flexibility index (Phi) is 6.54. The monoisotopic (exact) mass is 414 g/mol. The molecule has 2 heterocycles. The van der Waals surface area contributed by atoms with Gasteiger partial charge in [0.25, 0.3) is 0 Å². The Morgan fingerprint density at radius 2 is 1.80 bits per heavy atom. The number of hydrogen-bond acceptors (Lipinski definition) is 4. The lowest BCUT2D eigenvalue weighted by atomic mass is 9.92. The van der Waals surface area contributed by atoms with Crippen molar-refractivity contribution < 1.29 is 23.4 Å². The van der Waals surface area contributed by atoms with Crippen LogP contribution in [-0.4, -0.2) is 17.9 Å². The fourth-order valence-electron chi connectivity index (χ4n) is 3.86. The van der Waals surface area contributed by atoms with Gasteiger partial charge in [-0.15, -0.1) is 0 Å². The predicted molar refractivity (Wildman–Crippen MR) is 115 cm³/mol. The zero-order valence-electron chi connectivity index (χ0n) is 18.8. The molecule has 162 valence electrons. The Balaban J connectivity index is 2.06. The Hall–Kier alpha value is -1.98. The fourth-order valence-corrected chi connectivity index (χ4v) is 3.86. The minimum atomic E-state index is -0.843. The number of carbonyl (C=O) groups is 1.